The highest BCUT2D eigenvalue weighted by Gasteiger charge is 2.25. The van der Waals surface area contributed by atoms with Crippen LogP contribution in [0.15, 0.2) is 51.9 Å². The number of amidine groups is 1. The van der Waals surface area contributed by atoms with Gasteiger partial charge in [0.05, 0.1) is 22.7 Å². The van der Waals surface area contributed by atoms with E-state index in [1.54, 1.807) is 10.3 Å². The molecule has 1 aromatic carbocycles. The molecule has 0 unspecified atom stereocenters. The van der Waals surface area contributed by atoms with Crippen LogP contribution in [0.25, 0.3) is 0 Å². The zero-order valence-corrected chi connectivity index (χ0v) is 19.9. The number of ether oxygens (including phenoxy) is 1. The number of fused-ring (bicyclic) bond motifs is 1. The number of nitrogens with zero attached hydrogens (tertiary/aromatic N) is 4. The first kappa shape index (κ1) is 22.9. The van der Waals surface area contributed by atoms with Crippen molar-refractivity contribution >= 4 is 49.9 Å². The van der Waals surface area contributed by atoms with Crippen LogP contribution in [0.3, 0.4) is 0 Å². The first-order valence-corrected chi connectivity index (χ1v) is 12.6. The number of carbonyl (C=O) groups is 2. The molecule has 0 spiro atoms. The number of thiazole rings is 1. The highest BCUT2D eigenvalue weighted by atomic mass is 32.2. The lowest BCUT2D eigenvalue weighted by atomic mass is 10.1. The fraction of sp³-hybridized carbons (Fsp3) is 0.273. The minimum absolute atomic E-state index is 0.0610. The zero-order chi connectivity index (χ0) is 23.8. The van der Waals surface area contributed by atoms with Gasteiger partial charge in [0.1, 0.15) is 12.4 Å². The molecule has 0 atom stereocenters. The number of carbonyl (C=O) groups excluding carboxylic acids is 2. The molecule has 0 N–H and O–H groups in total. The van der Waals surface area contributed by atoms with E-state index in [1.165, 1.54) is 41.5 Å². The minimum Gasteiger partial charge on any atom is -0.456 e. The number of hydrogen-bond donors (Lipinski definition) is 0. The van der Waals surface area contributed by atoms with Crippen molar-refractivity contribution in [1.29, 1.82) is 0 Å². The van der Waals surface area contributed by atoms with Gasteiger partial charge in [-0.2, -0.15) is 0 Å². The Hall–Kier alpha value is -3.31. The van der Waals surface area contributed by atoms with Crippen LogP contribution in [0.4, 0.5) is 10.8 Å². The fourth-order valence-corrected chi connectivity index (χ4v) is 5.14. The summed E-state index contributed by atoms with van der Waals surface area (Å²) >= 11 is 1.29. The third-order valence-electron chi connectivity index (χ3n) is 5.21. The predicted octanol–water partition coefficient (Wildman–Crippen LogP) is 2.99. The molecule has 2 aromatic rings. The number of benzene rings is 1. The van der Waals surface area contributed by atoms with Crippen LogP contribution < -0.4 is 4.90 Å². The Morgan fingerprint density at radius 1 is 1.21 bits per heavy atom. The molecule has 0 saturated heterocycles. The third kappa shape index (κ3) is 5.04. The highest BCUT2D eigenvalue weighted by Crippen LogP contribution is 2.30. The van der Waals surface area contributed by atoms with E-state index in [0.29, 0.717) is 10.8 Å². The summed E-state index contributed by atoms with van der Waals surface area (Å²) in [5.41, 5.74) is 3.72. The van der Waals surface area contributed by atoms with Gasteiger partial charge in [-0.15, -0.1) is 15.7 Å². The molecule has 1 amide bonds. The topological polar surface area (TPSA) is 109 Å². The van der Waals surface area contributed by atoms with Gasteiger partial charge in [0.15, 0.2) is 5.13 Å². The van der Waals surface area contributed by atoms with Gasteiger partial charge in [-0.3, -0.25) is 9.69 Å². The molecule has 2 aliphatic rings. The lowest BCUT2D eigenvalue weighted by molar-refractivity contribution is -0.140. The van der Waals surface area contributed by atoms with Crippen LogP contribution in [-0.4, -0.2) is 48.3 Å². The average Bonchev–Trinajstić information content (AvgIpc) is 3.21. The molecule has 2 aliphatic heterocycles. The summed E-state index contributed by atoms with van der Waals surface area (Å²) in [5, 5.41) is 2.23. The number of anilines is 2. The van der Waals surface area contributed by atoms with Gasteiger partial charge in [0, 0.05) is 25.0 Å². The van der Waals surface area contributed by atoms with Crippen LogP contribution >= 0.6 is 11.3 Å². The molecule has 172 valence electrons. The highest BCUT2D eigenvalue weighted by molar-refractivity contribution is 7.90. The predicted molar refractivity (Wildman–Crippen MR) is 126 cm³/mol. The molecular formula is C22H22N4O5S2. The standard InChI is InChI=1S/C22H22N4O5S2/c1-14-4-6-19(10-15(14)2)26(16(3)27)22-23-18(13-32-22)12-31-21(28)17-5-7-20-24-33(29,30)9-8-25(20)11-17/h4-7,10-11,13H,8-9,12H2,1-3H3. The summed E-state index contributed by atoms with van der Waals surface area (Å²) < 4.78 is 32.3. The van der Waals surface area contributed by atoms with Crippen molar-refractivity contribution in [3.8, 4) is 0 Å². The number of hydrogen-bond acceptors (Lipinski definition) is 8. The molecule has 0 aliphatic carbocycles. The SMILES string of the molecule is CC(=O)N(c1ccc(C)c(C)c1)c1nc(COC(=O)C2=CN3CCS(=O)(=O)N=C3C=C2)cs1. The second-order valence-electron chi connectivity index (χ2n) is 7.67. The lowest BCUT2D eigenvalue weighted by Crippen LogP contribution is -2.37. The molecule has 0 bridgehead atoms. The van der Waals surface area contributed by atoms with Crippen molar-refractivity contribution < 1.29 is 22.7 Å². The van der Waals surface area contributed by atoms with Gasteiger partial charge >= 0.3 is 5.97 Å². The van der Waals surface area contributed by atoms with Crippen LogP contribution in [0.5, 0.6) is 0 Å². The maximum Gasteiger partial charge on any atom is 0.340 e. The molecule has 0 saturated carbocycles. The maximum atomic E-state index is 12.5. The van der Waals surface area contributed by atoms with Crippen molar-refractivity contribution in [2.24, 2.45) is 4.40 Å². The second-order valence-corrected chi connectivity index (χ2v) is 10.3. The molecule has 9 nitrogen and oxygen atoms in total. The Kier molecular flexibility index (Phi) is 6.17. The molecular weight excluding hydrogens is 464 g/mol. The van der Waals surface area contributed by atoms with Gasteiger partial charge in [-0.1, -0.05) is 6.07 Å². The van der Waals surface area contributed by atoms with Crippen LogP contribution in [-0.2, 0) is 31.0 Å². The maximum absolute atomic E-state index is 12.5. The summed E-state index contributed by atoms with van der Waals surface area (Å²) in [6.45, 7) is 5.62. The number of aromatic nitrogens is 1. The number of sulfonamides is 1. The molecule has 3 heterocycles. The fourth-order valence-electron chi connectivity index (χ4n) is 3.30. The minimum atomic E-state index is -3.46. The van der Waals surface area contributed by atoms with Gasteiger partial charge in [-0.05, 0) is 49.3 Å². The molecule has 33 heavy (non-hydrogen) atoms. The van der Waals surface area contributed by atoms with Gasteiger partial charge in [0.25, 0.3) is 10.0 Å². The molecule has 4 rings (SSSR count). The normalized spacial score (nSPS) is 16.5. The summed E-state index contributed by atoms with van der Waals surface area (Å²) in [5.74, 6) is -0.573. The summed E-state index contributed by atoms with van der Waals surface area (Å²) in [6, 6.07) is 5.76. The molecule has 11 heteroatoms. The Morgan fingerprint density at radius 3 is 2.73 bits per heavy atom. The van der Waals surface area contributed by atoms with Crippen molar-refractivity contribution in [2.45, 2.75) is 27.4 Å². The smallest absolute Gasteiger partial charge is 0.340 e. The van der Waals surface area contributed by atoms with Gasteiger partial charge < -0.3 is 9.64 Å². The third-order valence-corrected chi connectivity index (χ3v) is 7.24. The van der Waals surface area contributed by atoms with Crippen LogP contribution in [0.1, 0.15) is 23.7 Å². The number of amides is 1. The zero-order valence-electron chi connectivity index (χ0n) is 18.3. The van der Waals surface area contributed by atoms with Crippen LogP contribution in [0, 0.1) is 13.8 Å². The monoisotopic (exact) mass is 486 g/mol. The van der Waals surface area contributed by atoms with E-state index in [4.69, 9.17) is 4.74 Å². The number of rotatable bonds is 5. The molecule has 0 radical (unpaired) electrons. The number of esters is 1. The van der Waals surface area contributed by atoms with E-state index >= 15 is 0 Å². The molecule has 1 aromatic heterocycles. The van der Waals surface area contributed by atoms with Gasteiger partial charge in [0.2, 0.25) is 5.91 Å². The van der Waals surface area contributed by atoms with E-state index in [1.807, 2.05) is 32.0 Å². The largest absolute Gasteiger partial charge is 0.456 e. The van der Waals surface area contributed by atoms with Crippen molar-refractivity contribution in [3.05, 3.63) is 64.3 Å². The summed E-state index contributed by atoms with van der Waals surface area (Å²) in [4.78, 5) is 32.4. The van der Waals surface area contributed by atoms with E-state index in [-0.39, 0.29) is 36.2 Å². The first-order valence-electron chi connectivity index (χ1n) is 10.1. The molecule has 0 fully saturated rings. The van der Waals surface area contributed by atoms with Crippen molar-refractivity contribution in [2.75, 3.05) is 17.2 Å². The second kappa shape index (κ2) is 8.91. The van der Waals surface area contributed by atoms with Crippen LogP contribution in [0.2, 0.25) is 0 Å². The Balaban J connectivity index is 1.44. The Labute approximate surface area is 195 Å². The average molecular weight is 487 g/mol. The number of aryl methyl sites for hydroxylation is 2. The van der Waals surface area contributed by atoms with Gasteiger partial charge in [-0.25, -0.2) is 18.2 Å². The first-order chi connectivity index (χ1) is 15.6. The van der Waals surface area contributed by atoms with Crippen molar-refractivity contribution in [3.63, 3.8) is 0 Å². The van der Waals surface area contributed by atoms with E-state index in [2.05, 4.69) is 9.38 Å². The summed E-state index contributed by atoms with van der Waals surface area (Å²) in [6.07, 6.45) is 4.48. The Morgan fingerprint density at radius 2 is 2.00 bits per heavy atom. The quantitative estimate of drug-likeness (QED) is 0.598. The van der Waals surface area contributed by atoms with E-state index in [9.17, 15) is 18.0 Å². The van der Waals surface area contributed by atoms with E-state index in [0.717, 1.165) is 16.8 Å². The van der Waals surface area contributed by atoms with Crippen molar-refractivity contribution in [1.82, 2.24) is 9.88 Å². The van der Waals surface area contributed by atoms with E-state index < -0.39 is 16.0 Å². The Bertz CT molecular complexity index is 1320. The summed E-state index contributed by atoms with van der Waals surface area (Å²) in [7, 11) is -3.46. The lowest BCUT2D eigenvalue weighted by Gasteiger charge is -2.26.